The third kappa shape index (κ3) is 5.91. The number of para-hydroxylation sites is 3. The van der Waals surface area contributed by atoms with E-state index < -0.39 is 0 Å². The zero-order valence-electron chi connectivity index (χ0n) is 35.4. The van der Waals surface area contributed by atoms with Crippen molar-refractivity contribution >= 4 is 49.8 Å². The van der Waals surface area contributed by atoms with E-state index in [2.05, 4.69) is 224 Å². The summed E-state index contributed by atoms with van der Waals surface area (Å²) in [7, 11) is 0. The summed E-state index contributed by atoms with van der Waals surface area (Å²) in [5.41, 5.74) is 17.9. The van der Waals surface area contributed by atoms with Crippen molar-refractivity contribution in [3.05, 3.63) is 186 Å². The number of nitrogens with zero attached hydrogens (tertiary/aromatic N) is 1. The van der Waals surface area contributed by atoms with Gasteiger partial charge in [-0.2, -0.15) is 0 Å². The standard InChI is InChI=1S/C57H51NO/c1-55(2,3)38-34-47(56(4,5)6)53-48(35-38)57(7,8)46-26-16-24-44(52(46)53)42-21-11-13-27-49(42)58(50-28-17-25-45-43-22-12-14-29-51(43)59-54(45)50)39-32-30-37(31-33-39)41-23-15-19-36-18-9-10-20-40(36)41/h9-35H,1-8H3. The fourth-order valence-corrected chi connectivity index (χ4v) is 9.62. The fourth-order valence-electron chi connectivity index (χ4n) is 9.62. The van der Waals surface area contributed by atoms with Crippen LogP contribution in [0, 0.1) is 0 Å². The van der Waals surface area contributed by atoms with Crippen LogP contribution < -0.4 is 4.90 Å². The molecule has 0 fully saturated rings. The van der Waals surface area contributed by atoms with Gasteiger partial charge in [0.15, 0.2) is 5.58 Å². The topological polar surface area (TPSA) is 16.4 Å². The number of furan rings is 1. The maximum atomic E-state index is 6.79. The highest BCUT2D eigenvalue weighted by Crippen LogP contribution is 2.57. The summed E-state index contributed by atoms with van der Waals surface area (Å²) in [6.07, 6.45) is 0. The molecule has 0 atom stereocenters. The molecule has 1 aromatic heterocycles. The molecule has 59 heavy (non-hydrogen) atoms. The Morgan fingerprint density at radius 3 is 1.86 bits per heavy atom. The lowest BCUT2D eigenvalue weighted by Gasteiger charge is -2.30. The summed E-state index contributed by atoms with van der Waals surface area (Å²) in [5, 5.41) is 4.72. The van der Waals surface area contributed by atoms with Crippen molar-refractivity contribution in [2.45, 2.75) is 71.6 Å². The Labute approximate surface area is 348 Å². The summed E-state index contributed by atoms with van der Waals surface area (Å²) in [5.74, 6) is 0. The Kier molecular flexibility index (Phi) is 8.34. The highest BCUT2D eigenvalue weighted by Gasteiger charge is 2.41. The molecule has 1 aliphatic rings. The van der Waals surface area contributed by atoms with Crippen molar-refractivity contribution in [1.82, 2.24) is 0 Å². The molecule has 0 aliphatic heterocycles. The van der Waals surface area contributed by atoms with Gasteiger partial charge in [0.25, 0.3) is 0 Å². The third-order valence-corrected chi connectivity index (χ3v) is 12.8. The first-order chi connectivity index (χ1) is 28.3. The number of hydrogen-bond donors (Lipinski definition) is 0. The minimum Gasteiger partial charge on any atom is -0.454 e. The van der Waals surface area contributed by atoms with Crippen LogP contribution in [0.4, 0.5) is 17.1 Å². The number of benzene rings is 8. The zero-order valence-corrected chi connectivity index (χ0v) is 35.4. The van der Waals surface area contributed by atoms with E-state index in [1.54, 1.807) is 0 Å². The molecule has 9 aromatic rings. The van der Waals surface area contributed by atoms with Crippen LogP contribution in [0.25, 0.3) is 66.1 Å². The predicted octanol–water partition coefficient (Wildman–Crippen LogP) is 16.4. The summed E-state index contributed by atoms with van der Waals surface area (Å²) in [4.78, 5) is 2.42. The molecule has 0 spiro atoms. The van der Waals surface area contributed by atoms with Crippen LogP contribution in [0.5, 0.6) is 0 Å². The van der Waals surface area contributed by atoms with Crippen LogP contribution in [0.15, 0.2) is 168 Å². The van der Waals surface area contributed by atoms with Crippen molar-refractivity contribution < 1.29 is 4.42 Å². The van der Waals surface area contributed by atoms with Crippen LogP contribution in [0.1, 0.15) is 77.6 Å². The van der Waals surface area contributed by atoms with Gasteiger partial charge in [0.2, 0.25) is 0 Å². The molecule has 0 radical (unpaired) electrons. The van der Waals surface area contributed by atoms with Crippen molar-refractivity contribution in [3.8, 4) is 33.4 Å². The van der Waals surface area contributed by atoms with Gasteiger partial charge in [-0.15, -0.1) is 0 Å². The van der Waals surface area contributed by atoms with Crippen LogP contribution in [-0.2, 0) is 16.2 Å². The van der Waals surface area contributed by atoms with Gasteiger partial charge in [-0.1, -0.05) is 189 Å². The zero-order chi connectivity index (χ0) is 40.8. The van der Waals surface area contributed by atoms with Gasteiger partial charge in [0.05, 0.1) is 11.4 Å². The second kappa shape index (κ2) is 13.3. The van der Waals surface area contributed by atoms with Crippen molar-refractivity contribution in [1.29, 1.82) is 0 Å². The van der Waals surface area contributed by atoms with Crippen LogP contribution >= 0.6 is 0 Å². The van der Waals surface area contributed by atoms with E-state index in [9.17, 15) is 0 Å². The maximum Gasteiger partial charge on any atom is 0.159 e. The Morgan fingerprint density at radius 1 is 0.475 bits per heavy atom. The highest BCUT2D eigenvalue weighted by molar-refractivity contribution is 6.11. The summed E-state index contributed by atoms with van der Waals surface area (Å²) < 4.78 is 6.79. The second-order valence-electron chi connectivity index (χ2n) is 19.0. The number of anilines is 3. The van der Waals surface area contributed by atoms with Crippen molar-refractivity contribution in [2.75, 3.05) is 4.90 Å². The maximum absolute atomic E-state index is 6.79. The number of fused-ring (bicyclic) bond motifs is 7. The summed E-state index contributed by atoms with van der Waals surface area (Å²) in [6.45, 7) is 18.9. The largest absolute Gasteiger partial charge is 0.454 e. The molecule has 290 valence electrons. The lowest BCUT2D eigenvalue weighted by molar-refractivity contribution is 0.564. The first-order valence-corrected chi connectivity index (χ1v) is 21.0. The smallest absolute Gasteiger partial charge is 0.159 e. The quantitative estimate of drug-likeness (QED) is 0.173. The van der Waals surface area contributed by atoms with E-state index in [4.69, 9.17) is 4.42 Å². The lowest BCUT2D eigenvalue weighted by atomic mass is 9.74. The van der Waals surface area contributed by atoms with Crippen LogP contribution in [-0.4, -0.2) is 0 Å². The molecule has 0 amide bonds. The van der Waals surface area contributed by atoms with E-state index in [-0.39, 0.29) is 16.2 Å². The molecule has 0 unspecified atom stereocenters. The summed E-state index contributed by atoms with van der Waals surface area (Å²) in [6, 6.07) is 60.2. The Balaban J connectivity index is 1.23. The van der Waals surface area contributed by atoms with Gasteiger partial charge in [0, 0.05) is 27.4 Å². The van der Waals surface area contributed by atoms with Gasteiger partial charge < -0.3 is 9.32 Å². The average Bonchev–Trinajstić information content (AvgIpc) is 3.73. The Morgan fingerprint density at radius 2 is 1.08 bits per heavy atom. The Hall–Kier alpha value is -6.38. The van der Waals surface area contributed by atoms with Crippen molar-refractivity contribution in [2.24, 2.45) is 0 Å². The molecule has 2 heteroatoms. The lowest BCUT2D eigenvalue weighted by Crippen LogP contribution is -2.21. The molecular weight excluding hydrogens is 715 g/mol. The Bertz CT molecular complexity index is 3080. The first-order valence-electron chi connectivity index (χ1n) is 21.0. The third-order valence-electron chi connectivity index (χ3n) is 12.8. The highest BCUT2D eigenvalue weighted by atomic mass is 16.3. The summed E-state index contributed by atoms with van der Waals surface area (Å²) >= 11 is 0. The SMILES string of the molecule is CC(C)(C)c1cc(C(C)(C)C)c2c(c1)C(C)(C)c1cccc(-c3ccccc3N(c3ccc(-c4cccc5ccccc45)cc3)c3cccc4c3oc3ccccc34)c1-2. The van der Waals surface area contributed by atoms with Gasteiger partial charge in [-0.05, 0) is 102 Å². The van der Waals surface area contributed by atoms with E-state index in [0.717, 1.165) is 39.0 Å². The molecule has 1 aliphatic carbocycles. The minimum atomic E-state index is -0.173. The van der Waals surface area contributed by atoms with Gasteiger partial charge in [0.1, 0.15) is 5.58 Å². The molecular formula is C57H51NO. The molecule has 0 saturated heterocycles. The van der Waals surface area contributed by atoms with E-state index in [1.807, 2.05) is 0 Å². The van der Waals surface area contributed by atoms with Gasteiger partial charge in [-0.3, -0.25) is 0 Å². The second-order valence-corrected chi connectivity index (χ2v) is 19.0. The molecule has 8 aromatic carbocycles. The molecule has 1 heterocycles. The predicted molar refractivity (Wildman–Crippen MR) is 252 cm³/mol. The first kappa shape index (κ1) is 36.9. The average molecular weight is 766 g/mol. The normalized spacial score (nSPS) is 13.6. The molecule has 0 saturated carbocycles. The van der Waals surface area contributed by atoms with Crippen LogP contribution in [0.3, 0.4) is 0 Å². The van der Waals surface area contributed by atoms with Gasteiger partial charge >= 0.3 is 0 Å². The number of hydrogen-bond acceptors (Lipinski definition) is 2. The monoisotopic (exact) mass is 765 g/mol. The molecule has 0 N–H and O–H groups in total. The molecule has 2 nitrogen and oxygen atoms in total. The van der Waals surface area contributed by atoms with Crippen molar-refractivity contribution in [3.63, 3.8) is 0 Å². The van der Waals surface area contributed by atoms with E-state index in [1.165, 1.54) is 66.4 Å². The van der Waals surface area contributed by atoms with Gasteiger partial charge in [-0.25, -0.2) is 0 Å². The van der Waals surface area contributed by atoms with Crippen LogP contribution in [0.2, 0.25) is 0 Å². The fraction of sp³-hybridized carbons (Fsp3) is 0.193. The van der Waals surface area contributed by atoms with E-state index >= 15 is 0 Å². The minimum absolute atomic E-state index is 0.0245. The number of rotatable bonds is 5. The van der Waals surface area contributed by atoms with E-state index in [0.29, 0.717) is 0 Å². The molecule has 10 rings (SSSR count). The molecule has 0 bridgehead atoms.